The van der Waals surface area contributed by atoms with Crippen molar-refractivity contribution in [3.05, 3.63) is 0 Å². The summed E-state index contributed by atoms with van der Waals surface area (Å²) >= 11 is 0. The summed E-state index contributed by atoms with van der Waals surface area (Å²) in [5.74, 6) is 0. The Labute approximate surface area is 72.4 Å². The van der Waals surface area contributed by atoms with Gasteiger partial charge in [-0.3, -0.25) is 0 Å². The Morgan fingerprint density at radius 1 is 1.17 bits per heavy atom. The minimum atomic E-state index is -0.744. The SMILES string of the molecule is O=C(O)N1CC2(CCCCC2)C1. The van der Waals surface area contributed by atoms with Gasteiger partial charge in [0.2, 0.25) is 0 Å². The molecular weight excluding hydrogens is 154 g/mol. The molecule has 3 heteroatoms. The van der Waals surface area contributed by atoms with Crippen molar-refractivity contribution in [2.45, 2.75) is 32.1 Å². The zero-order chi connectivity index (χ0) is 8.60. The summed E-state index contributed by atoms with van der Waals surface area (Å²) in [5.41, 5.74) is 0.399. The number of carboxylic acid groups (broad SMARTS) is 1. The molecule has 1 N–H and O–H groups in total. The van der Waals surface area contributed by atoms with Gasteiger partial charge in [0, 0.05) is 18.5 Å². The Balaban J connectivity index is 1.88. The first-order valence-corrected chi connectivity index (χ1v) is 4.70. The monoisotopic (exact) mass is 169 g/mol. The molecule has 2 fully saturated rings. The fourth-order valence-electron chi connectivity index (χ4n) is 2.52. The minimum absolute atomic E-state index is 0.399. The number of hydrogen-bond acceptors (Lipinski definition) is 1. The fraction of sp³-hybridized carbons (Fsp3) is 0.889. The highest BCUT2D eigenvalue weighted by Crippen LogP contribution is 2.43. The molecule has 0 aromatic rings. The highest BCUT2D eigenvalue weighted by atomic mass is 16.4. The fourth-order valence-corrected chi connectivity index (χ4v) is 2.52. The topological polar surface area (TPSA) is 40.5 Å². The maximum atomic E-state index is 10.5. The first kappa shape index (κ1) is 7.90. The van der Waals surface area contributed by atoms with Crippen LogP contribution in [0.1, 0.15) is 32.1 Å². The van der Waals surface area contributed by atoms with Crippen molar-refractivity contribution in [1.82, 2.24) is 4.90 Å². The van der Waals surface area contributed by atoms with Gasteiger partial charge >= 0.3 is 6.09 Å². The van der Waals surface area contributed by atoms with Crippen molar-refractivity contribution in [2.24, 2.45) is 5.41 Å². The van der Waals surface area contributed by atoms with Crippen LogP contribution in [-0.4, -0.2) is 29.2 Å². The molecule has 12 heavy (non-hydrogen) atoms. The molecule has 1 saturated carbocycles. The van der Waals surface area contributed by atoms with Crippen LogP contribution in [0.25, 0.3) is 0 Å². The molecule has 1 aliphatic heterocycles. The van der Waals surface area contributed by atoms with E-state index in [4.69, 9.17) is 5.11 Å². The van der Waals surface area contributed by atoms with Crippen molar-refractivity contribution in [3.8, 4) is 0 Å². The van der Waals surface area contributed by atoms with Gasteiger partial charge in [-0.2, -0.15) is 0 Å². The van der Waals surface area contributed by atoms with Gasteiger partial charge < -0.3 is 10.0 Å². The zero-order valence-corrected chi connectivity index (χ0v) is 7.25. The van der Waals surface area contributed by atoms with Crippen LogP contribution >= 0.6 is 0 Å². The number of nitrogens with zero attached hydrogens (tertiary/aromatic N) is 1. The second-order valence-corrected chi connectivity index (χ2v) is 4.20. The van der Waals surface area contributed by atoms with E-state index in [1.54, 1.807) is 0 Å². The van der Waals surface area contributed by atoms with E-state index in [0.717, 1.165) is 13.1 Å². The van der Waals surface area contributed by atoms with Crippen LogP contribution in [-0.2, 0) is 0 Å². The predicted octanol–water partition coefficient (Wildman–Crippen LogP) is 1.93. The molecular formula is C9H15NO2. The van der Waals surface area contributed by atoms with Crippen molar-refractivity contribution >= 4 is 6.09 Å². The minimum Gasteiger partial charge on any atom is -0.465 e. The van der Waals surface area contributed by atoms with Crippen LogP contribution in [0.3, 0.4) is 0 Å². The van der Waals surface area contributed by atoms with E-state index >= 15 is 0 Å². The molecule has 0 aromatic heterocycles. The van der Waals surface area contributed by atoms with Gasteiger partial charge in [-0.05, 0) is 12.8 Å². The smallest absolute Gasteiger partial charge is 0.407 e. The molecule has 68 valence electrons. The maximum Gasteiger partial charge on any atom is 0.407 e. The molecule has 1 saturated heterocycles. The third-order valence-electron chi connectivity index (χ3n) is 3.24. The van der Waals surface area contributed by atoms with E-state index in [-0.39, 0.29) is 0 Å². The van der Waals surface area contributed by atoms with Crippen LogP contribution in [0.5, 0.6) is 0 Å². The molecule has 2 aliphatic rings. The van der Waals surface area contributed by atoms with Crippen molar-refractivity contribution in [2.75, 3.05) is 13.1 Å². The Morgan fingerprint density at radius 3 is 2.25 bits per heavy atom. The first-order valence-electron chi connectivity index (χ1n) is 4.70. The van der Waals surface area contributed by atoms with Crippen LogP contribution < -0.4 is 0 Å². The lowest BCUT2D eigenvalue weighted by atomic mass is 9.69. The van der Waals surface area contributed by atoms with Crippen LogP contribution in [0, 0.1) is 5.41 Å². The molecule has 0 unspecified atom stereocenters. The first-order chi connectivity index (χ1) is 5.72. The molecule has 0 atom stereocenters. The molecule has 0 radical (unpaired) electrons. The van der Waals surface area contributed by atoms with Gasteiger partial charge in [-0.1, -0.05) is 19.3 Å². The Hall–Kier alpha value is -0.730. The maximum absolute atomic E-state index is 10.5. The summed E-state index contributed by atoms with van der Waals surface area (Å²) < 4.78 is 0. The van der Waals surface area contributed by atoms with Crippen LogP contribution in [0.15, 0.2) is 0 Å². The average Bonchev–Trinajstić information content (AvgIpc) is 2.01. The molecule has 0 aromatic carbocycles. The van der Waals surface area contributed by atoms with E-state index in [0.29, 0.717) is 5.41 Å². The molecule has 1 amide bonds. The van der Waals surface area contributed by atoms with Crippen molar-refractivity contribution in [1.29, 1.82) is 0 Å². The highest BCUT2D eigenvalue weighted by Gasteiger charge is 2.45. The highest BCUT2D eigenvalue weighted by molar-refractivity contribution is 5.66. The quantitative estimate of drug-likeness (QED) is 0.602. The summed E-state index contributed by atoms with van der Waals surface area (Å²) in [6.07, 6.45) is 5.69. The largest absolute Gasteiger partial charge is 0.465 e. The lowest BCUT2D eigenvalue weighted by Gasteiger charge is -2.51. The normalized spacial score (nSPS) is 26.8. The summed E-state index contributed by atoms with van der Waals surface area (Å²) in [7, 11) is 0. The lowest BCUT2D eigenvalue weighted by molar-refractivity contribution is -0.0152. The Kier molecular flexibility index (Phi) is 1.74. The molecule has 1 heterocycles. The number of rotatable bonds is 0. The summed E-state index contributed by atoms with van der Waals surface area (Å²) in [6.45, 7) is 1.59. The molecule has 2 rings (SSSR count). The van der Waals surface area contributed by atoms with Gasteiger partial charge in [-0.15, -0.1) is 0 Å². The van der Waals surface area contributed by atoms with E-state index in [2.05, 4.69) is 0 Å². The van der Waals surface area contributed by atoms with Crippen LogP contribution in [0.4, 0.5) is 4.79 Å². The van der Waals surface area contributed by atoms with Crippen LogP contribution in [0.2, 0.25) is 0 Å². The molecule has 1 aliphatic carbocycles. The van der Waals surface area contributed by atoms with Crippen molar-refractivity contribution < 1.29 is 9.90 Å². The van der Waals surface area contributed by atoms with Gasteiger partial charge in [0.05, 0.1) is 0 Å². The van der Waals surface area contributed by atoms with Crippen molar-refractivity contribution in [3.63, 3.8) is 0 Å². The number of carbonyl (C=O) groups is 1. The summed E-state index contributed by atoms with van der Waals surface area (Å²) in [5, 5.41) is 8.67. The Morgan fingerprint density at radius 2 is 1.75 bits per heavy atom. The zero-order valence-electron chi connectivity index (χ0n) is 7.25. The molecule has 0 bridgehead atoms. The third kappa shape index (κ3) is 1.17. The van der Waals surface area contributed by atoms with Gasteiger partial charge in [-0.25, -0.2) is 4.79 Å². The summed E-state index contributed by atoms with van der Waals surface area (Å²) in [4.78, 5) is 12.1. The molecule has 1 spiro atoms. The summed E-state index contributed by atoms with van der Waals surface area (Å²) in [6, 6.07) is 0. The predicted molar refractivity (Wildman–Crippen MR) is 45.1 cm³/mol. The lowest BCUT2D eigenvalue weighted by Crippen LogP contribution is -2.58. The molecule has 3 nitrogen and oxygen atoms in total. The second kappa shape index (κ2) is 2.64. The number of likely N-dealkylation sites (tertiary alicyclic amines) is 1. The van der Waals surface area contributed by atoms with Gasteiger partial charge in [0.15, 0.2) is 0 Å². The number of hydrogen-bond donors (Lipinski definition) is 1. The number of amides is 1. The second-order valence-electron chi connectivity index (χ2n) is 4.20. The third-order valence-corrected chi connectivity index (χ3v) is 3.24. The average molecular weight is 169 g/mol. The van der Waals surface area contributed by atoms with E-state index in [1.807, 2.05) is 0 Å². The van der Waals surface area contributed by atoms with E-state index < -0.39 is 6.09 Å². The Bertz CT molecular complexity index is 189. The van der Waals surface area contributed by atoms with Gasteiger partial charge in [0.1, 0.15) is 0 Å². The standard InChI is InChI=1S/C9H15NO2/c11-8(12)10-6-9(7-10)4-2-1-3-5-9/h1-7H2,(H,11,12). The van der Waals surface area contributed by atoms with E-state index in [9.17, 15) is 4.79 Å². The van der Waals surface area contributed by atoms with Gasteiger partial charge in [0.25, 0.3) is 0 Å². The van der Waals surface area contributed by atoms with E-state index in [1.165, 1.54) is 37.0 Å².